The fourth-order valence-electron chi connectivity index (χ4n) is 4.16. The largest absolute Gasteiger partial charge is 0.483 e. The summed E-state index contributed by atoms with van der Waals surface area (Å²) in [6.45, 7) is 1.23. The first-order valence-corrected chi connectivity index (χ1v) is 9.21. The zero-order valence-electron chi connectivity index (χ0n) is 15.8. The van der Waals surface area contributed by atoms with Crippen molar-refractivity contribution in [3.05, 3.63) is 34.6 Å². The van der Waals surface area contributed by atoms with E-state index in [-0.39, 0.29) is 23.5 Å². The number of hydrogen-bond acceptors (Lipinski definition) is 4. The summed E-state index contributed by atoms with van der Waals surface area (Å²) in [7, 11) is 5.92. The third-order valence-electron chi connectivity index (χ3n) is 5.50. The van der Waals surface area contributed by atoms with Crippen molar-refractivity contribution in [2.24, 2.45) is 11.8 Å². The first kappa shape index (κ1) is 21.6. The van der Waals surface area contributed by atoms with Crippen LogP contribution in [0.2, 0.25) is 5.02 Å². The molecule has 0 bridgehead atoms. The van der Waals surface area contributed by atoms with Gasteiger partial charge in [0.1, 0.15) is 5.82 Å². The molecular weight excluding hydrogens is 375 g/mol. The number of carboxylic acid groups (broad SMARTS) is 1. The summed E-state index contributed by atoms with van der Waals surface area (Å²) in [5, 5.41) is 6.88. The molecule has 1 heterocycles. The van der Waals surface area contributed by atoms with E-state index in [1.54, 1.807) is 7.11 Å². The van der Waals surface area contributed by atoms with Gasteiger partial charge in [0.05, 0.1) is 11.1 Å². The Morgan fingerprint density at radius 2 is 1.93 bits per heavy atom. The molecular formula is C19H26ClFN2O4. The molecule has 6 nitrogen and oxygen atoms in total. The average molecular weight is 401 g/mol. The highest BCUT2D eigenvalue weighted by atomic mass is 35.5. The number of halogens is 2. The molecule has 1 aromatic carbocycles. The topological polar surface area (TPSA) is 70.1 Å². The van der Waals surface area contributed by atoms with Crippen LogP contribution in [0.25, 0.3) is 0 Å². The molecule has 0 radical (unpaired) electrons. The molecule has 150 valence electrons. The third kappa shape index (κ3) is 4.97. The van der Waals surface area contributed by atoms with Gasteiger partial charge >= 0.3 is 0 Å². The fourth-order valence-corrected chi connectivity index (χ4v) is 4.35. The maximum absolute atomic E-state index is 13.3. The Bertz CT molecular complexity index is 673. The minimum absolute atomic E-state index is 0.00965. The summed E-state index contributed by atoms with van der Waals surface area (Å²) in [6, 6.07) is 4.56. The van der Waals surface area contributed by atoms with Gasteiger partial charge in [0.15, 0.2) is 0 Å². The molecule has 0 unspecified atom stereocenters. The van der Waals surface area contributed by atoms with Crippen molar-refractivity contribution >= 4 is 24.0 Å². The number of carbonyl (C=O) groups excluding carboxylic acids is 1. The molecule has 3 rings (SSSR count). The van der Waals surface area contributed by atoms with Gasteiger partial charge in [-0.05, 0) is 57.0 Å². The lowest BCUT2D eigenvalue weighted by atomic mass is 9.77. The quantitative estimate of drug-likeness (QED) is 0.790. The van der Waals surface area contributed by atoms with Crippen LogP contribution >= 0.6 is 11.6 Å². The van der Waals surface area contributed by atoms with Gasteiger partial charge in [0.25, 0.3) is 12.4 Å². The Morgan fingerprint density at radius 1 is 1.33 bits per heavy atom. The maximum atomic E-state index is 13.3. The van der Waals surface area contributed by atoms with Gasteiger partial charge in [-0.1, -0.05) is 11.6 Å². The van der Waals surface area contributed by atoms with E-state index in [4.69, 9.17) is 26.2 Å². The molecule has 1 aliphatic heterocycles. The van der Waals surface area contributed by atoms with Crippen molar-refractivity contribution in [3.8, 4) is 0 Å². The highest BCUT2D eigenvalue weighted by molar-refractivity contribution is 6.31. The summed E-state index contributed by atoms with van der Waals surface area (Å²) in [4.78, 5) is 25.2. The van der Waals surface area contributed by atoms with E-state index < -0.39 is 5.82 Å². The van der Waals surface area contributed by atoms with Gasteiger partial charge in [-0.3, -0.25) is 9.59 Å². The van der Waals surface area contributed by atoms with Gasteiger partial charge in [-0.2, -0.15) is 0 Å². The number of benzene rings is 1. The SMILES string of the molecule is CO[C@@H]1C[C@H]2CN(C(=O)c3ccc(F)c(Cl)c3)C[C@H]2C[C@H]1N(C)C.O=CO. The van der Waals surface area contributed by atoms with Gasteiger partial charge in [-0.15, -0.1) is 0 Å². The van der Waals surface area contributed by atoms with Gasteiger partial charge in [-0.25, -0.2) is 4.39 Å². The van der Waals surface area contributed by atoms with Crippen molar-refractivity contribution in [3.63, 3.8) is 0 Å². The standard InChI is InChI=1S/C18H24ClFN2O2.CH2O2/c1-21(2)16-7-12-9-22(10-13(12)8-17(16)24-3)18(23)11-4-5-15(20)14(19)6-11;2-1-3/h4-6,12-13,16-17H,7-10H2,1-3H3;1H,(H,2,3)/t12-,13+,16-,17-;/m1./s1. The van der Waals surface area contributed by atoms with E-state index in [0.717, 1.165) is 25.9 Å². The molecule has 0 spiro atoms. The monoisotopic (exact) mass is 400 g/mol. The lowest BCUT2D eigenvalue weighted by Crippen LogP contribution is -2.47. The summed E-state index contributed by atoms with van der Waals surface area (Å²) >= 11 is 5.81. The molecule has 2 fully saturated rings. The van der Waals surface area contributed by atoms with E-state index >= 15 is 0 Å². The minimum atomic E-state index is -0.500. The van der Waals surface area contributed by atoms with Gasteiger partial charge in [0.2, 0.25) is 0 Å². The zero-order valence-corrected chi connectivity index (χ0v) is 16.5. The van der Waals surface area contributed by atoms with Crippen molar-refractivity contribution in [1.82, 2.24) is 9.80 Å². The zero-order chi connectivity index (χ0) is 20.1. The summed E-state index contributed by atoms with van der Waals surface area (Å²) in [5.41, 5.74) is 0.451. The second-order valence-electron chi connectivity index (χ2n) is 7.24. The van der Waals surface area contributed by atoms with E-state index in [0.29, 0.717) is 23.4 Å². The Morgan fingerprint density at radius 3 is 2.44 bits per heavy atom. The van der Waals surface area contributed by atoms with E-state index in [1.807, 2.05) is 4.90 Å². The number of fused-ring (bicyclic) bond motifs is 1. The second kappa shape index (κ2) is 9.48. The number of methoxy groups -OCH3 is 1. The molecule has 1 aliphatic carbocycles. The first-order valence-electron chi connectivity index (χ1n) is 8.83. The van der Waals surface area contributed by atoms with Crippen molar-refractivity contribution in [2.45, 2.75) is 25.0 Å². The normalized spacial score (nSPS) is 27.0. The molecule has 1 saturated heterocycles. The molecule has 27 heavy (non-hydrogen) atoms. The fraction of sp³-hybridized carbons (Fsp3) is 0.579. The predicted molar refractivity (Wildman–Crippen MR) is 100 cm³/mol. The summed E-state index contributed by atoms with van der Waals surface area (Å²) in [5.74, 6) is 0.386. The number of likely N-dealkylation sites (N-methyl/N-ethyl adjacent to an activating group) is 1. The van der Waals surface area contributed by atoms with Gasteiger partial charge < -0.3 is 19.6 Å². The highest BCUT2D eigenvalue weighted by Crippen LogP contribution is 2.39. The highest BCUT2D eigenvalue weighted by Gasteiger charge is 2.44. The first-order chi connectivity index (χ1) is 12.8. The van der Waals surface area contributed by atoms with E-state index in [2.05, 4.69) is 19.0 Å². The number of amides is 1. The van der Waals surface area contributed by atoms with E-state index in [1.165, 1.54) is 18.2 Å². The van der Waals surface area contributed by atoms with E-state index in [9.17, 15) is 9.18 Å². The summed E-state index contributed by atoms with van der Waals surface area (Å²) < 4.78 is 19.0. The Hall–Kier alpha value is -1.70. The van der Waals surface area contributed by atoms with Crippen LogP contribution < -0.4 is 0 Å². The second-order valence-corrected chi connectivity index (χ2v) is 7.65. The molecule has 1 saturated carbocycles. The molecule has 1 aromatic rings. The molecule has 8 heteroatoms. The van der Waals surface area contributed by atoms with Crippen molar-refractivity contribution in [2.75, 3.05) is 34.3 Å². The van der Waals surface area contributed by atoms with Gasteiger partial charge in [0, 0.05) is 31.8 Å². The average Bonchev–Trinajstić information content (AvgIpc) is 3.05. The maximum Gasteiger partial charge on any atom is 0.290 e. The van der Waals surface area contributed by atoms with Crippen LogP contribution in [0.3, 0.4) is 0 Å². The molecule has 1 amide bonds. The van der Waals surface area contributed by atoms with Crippen LogP contribution in [0.5, 0.6) is 0 Å². The van der Waals surface area contributed by atoms with Crippen molar-refractivity contribution in [1.29, 1.82) is 0 Å². The van der Waals surface area contributed by atoms with Crippen LogP contribution in [-0.4, -0.2) is 73.7 Å². The van der Waals surface area contributed by atoms with Crippen LogP contribution in [0.4, 0.5) is 4.39 Å². The number of rotatable bonds is 3. The Labute approximate surface area is 163 Å². The smallest absolute Gasteiger partial charge is 0.290 e. The van der Waals surface area contributed by atoms with Crippen molar-refractivity contribution < 1.29 is 23.8 Å². The number of nitrogens with zero attached hydrogens (tertiary/aromatic N) is 2. The lowest BCUT2D eigenvalue weighted by molar-refractivity contribution is -0.122. The molecule has 1 N–H and O–H groups in total. The van der Waals surface area contributed by atoms with Crippen LogP contribution in [-0.2, 0) is 9.53 Å². The molecule has 2 aliphatic rings. The van der Waals surface area contributed by atoms with Crippen LogP contribution in [0.1, 0.15) is 23.2 Å². The third-order valence-corrected chi connectivity index (χ3v) is 5.79. The number of ether oxygens (including phenoxy) is 1. The number of likely N-dealkylation sites (tertiary alicyclic amines) is 1. The minimum Gasteiger partial charge on any atom is -0.483 e. The lowest BCUT2D eigenvalue weighted by Gasteiger charge is -2.40. The molecule has 4 atom stereocenters. The number of hydrogen-bond donors (Lipinski definition) is 1. The Kier molecular flexibility index (Phi) is 7.59. The summed E-state index contributed by atoms with van der Waals surface area (Å²) in [6.07, 6.45) is 2.21. The molecule has 0 aromatic heterocycles. The van der Waals surface area contributed by atoms with Crippen LogP contribution in [0.15, 0.2) is 18.2 Å². The Balaban J connectivity index is 0.000000817. The number of carbonyl (C=O) groups is 2. The van der Waals surface area contributed by atoms with Crippen LogP contribution in [0, 0.1) is 17.7 Å². The predicted octanol–water partition coefficient (Wildman–Crippen LogP) is 2.61.